The van der Waals surface area contributed by atoms with E-state index in [9.17, 15) is 0 Å². The maximum absolute atomic E-state index is 5.81. The molecule has 2 atom stereocenters. The fraction of sp³-hybridized carbons (Fsp3) is 0.867. The molecule has 1 aromatic heterocycles. The average molecular weight is 281 g/mol. The lowest BCUT2D eigenvalue weighted by atomic mass is 9.77. The van der Waals surface area contributed by atoms with Crippen LogP contribution in [0.5, 0.6) is 0 Å². The van der Waals surface area contributed by atoms with Gasteiger partial charge in [-0.15, -0.1) is 0 Å². The van der Waals surface area contributed by atoms with Crippen LogP contribution in [0.3, 0.4) is 0 Å². The maximum Gasteiger partial charge on any atom is 0.244 e. The number of rotatable bonds is 5. The summed E-state index contributed by atoms with van der Waals surface area (Å²) in [6, 6.07) is 0.125. The van der Waals surface area contributed by atoms with Crippen LogP contribution in [0.4, 0.5) is 0 Å². The molecule has 0 bridgehead atoms. The van der Waals surface area contributed by atoms with Gasteiger partial charge < -0.3 is 14.6 Å². The summed E-state index contributed by atoms with van der Waals surface area (Å²) in [5, 5.41) is 7.67. The molecule has 1 saturated heterocycles. The summed E-state index contributed by atoms with van der Waals surface area (Å²) in [5.74, 6) is 1.34. The molecule has 0 spiro atoms. The van der Waals surface area contributed by atoms with Crippen LogP contribution in [0.15, 0.2) is 4.52 Å². The van der Waals surface area contributed by atoms with E-state index in [1.165, 1.54) is 12.8 Å². The molecule has 2 heterocycles. The predicted octanol–water partition coefficient (Wildman–Crippen LogP) is 3.18. The zero-order chi connectivity index (χ0) is 14.8. The molecule has 0 saturated carbocycles. The van der Waals surface area contributed by atoms with Gasteiger partial charge in [-0.2, -0.15) is 4.98 Å². The first kappa shape index (κ1) is 15.4. The Morgan fingerprint density at radius 3 is 2.80 bits per heavy atom. The second-order valence-electron chi connectivity index (χ2n) is 6.45. The Bertz CT molecular complexity index is 444. The van der Waals surface area contributed by atoms with E-state index < -0.39 is 5.60 Å². The Kier molecular flexibility index (Phi) is 4.49. The zero-order valence-corrected chi connectivity index (χ0v) is 13.3. The van der Waals surface area contributed by atoms with Gasteiger partial charge >= 0.3 is 0 Å². The third-order valence-electron chi connectivity index (χ3n) is 4.43. The van der Waals surface area contributed by atoms with E-state index in [4.69, 9.17) is 9.26 Å². The van der Waals surface area contributed by atoms with Crippen molar-refractivity contribution in [2.75, 3.05) is 13.2 Å². The number of hydrogen-bond donors (Lipinski definition) is 1. The van der Waals surface area contributed by atoms with Crippen LogP contribution in [0.1, 0.15) is 71.6 Å². The highest BCUT2D eigenvalue weighted by molar-refractivity contribution is 5.05. The van der Waals surface area contributed by atoms with Crippen molar-refractivity contribution in [3.8, 4) is 0 Å². The van der Waals surface area contributed by atoms with E-state index >= 15 is 0 Å². The molecule has 1 fully saturated rings. The molecule has 2 rings (SSSR count). The van der Waals surface area contributed by atoms with Gasteiger partial charge in [-0.1, -0.05) is 25.9 Å². The van der Waals surface area contributed by atoms with E-state index in [-0.39, 0.29) is 11.5 Å². The molecular weight excluding hydrogens is 254 g/mol. The molecule has 1 aliphatic rings. The molecule has 0 radical (unpaired) electrons. The third-order valence-corrected chi connectivity index (χ3v) is 4.43. The predicted molar refractivity (Wildman–Crippen MR) is 77.3 cm³/mol. The van der Waals surface area contributed by atoms with Gasteiger partial charge in [0.1, 0.15) is 5.60 Å². The minimum absolute atomic E-state index is 0.125. The standard InChI is InChI=1S/C15H27N3O2/c1-6-15(5,19-7-2)13-17-12(20-18-13)11-14(3,4)9-8-10-16-11/h11,16H,6-10H2,1-5H3. The molecule has 1 aromatic rings. The van der Waals surface area contributed by atoms with Gasteiger partial charge in [0.2, 0.25) is 11.7 Å². The van der Waals surface area contributed by atoms with Crippen molar-refractivity contribution in [1.29, 1.82) is 0 Å². The first-order valence-corrected chi connectivity index (χ1v) is 7.64. The molecule has 114 valence electrons. The SMILES string of the molecule is CCOC(C)(CC)c1noc(C2NCCCC2(C)C)n1. The number of hydrogen-bond acceptors (Lipinski definition) is 5. The number of ether oxygens (including phenoxy) is 1. The monoisotopic (exact) mass is 281 g/mol. The second kappa shape index (κ2) is 5.82. The number of piperidine rings is 1. The lowest BCUT2D eigenvalue weighted by Gasteiger charge is -2.37. The van der Waals surface area contributed by atoms with E-state index in [2.05, 4.69) is 36.2 Å². The Morgan fingerprint density at radius 2 is 2.20 bits per heavy atom. The van der Waals surface area contributed by atoms with Crippen molar-refractivity contribution in [2.24, 2.45) is 5.41 Å². The van der Waals surface area contributed by atoms with Crippen LogP contribution < -0.4 is 5.32 Å². The van der Waals surface area contributed by atoms with Gasteiger partial charge in [-0.05, 0) is 45.1 Å². The van der Waals surface area contributed by atoms with Gasteiger partial charge in [-0.25, -0.2) is 0 Å². The van der Waals surface area contributed by atoms with Crippen molar-refractivity contribution in [3.05, 3.63) is 11.7 Å². The lowest BCUT2D eigenvalue weighted by molar-refractivity contribution is -0.0403. The molecule has 0 aliphatic carbocycles. The summed E-state index contributed by atoms with van der Waals surface area (Å²) in [4.78, 5) is 4.63. The molecule has 1 aliphatic heterocycles. The van der Waals surface area contributed by atoms with Crippen LogP contribution in [-0.2, 0) is 10.3 Å². The number of nitrogens with zero attached hydrogens (tertiary/aromatic N) is 2. The highest BCUT2D eigenvalue weighted by atomic mass is 16.5. The van der Waals surface area contributed by atoms with Gasteiger partial charge in [-0.3, -0.25) is 0 Å². The minimum atomic E-state index is -0.463. The van der Waals surface area contributed by atoms with Crippen LogP contribution in [-0.4, -0.2) is 23.3 Å². The normalized spacial score (nSPS) is 25.4. The second-order valence-corrected chi connectivity index (χ2v) is 6.45. The summed E-state index contributed by atoms with van der Waals surface area (Å²) in [7, 11) is 0. The smallest absolute Gasteiger partial charge is 0.244 e. The molecular formula is C15H27N3O2. The highest BCUT2D eigenvalue weighted by Crippen LogP contribution is 2.40. The highest BCUT2D eigenvalue weighted by Gasteiger charge is 2.39. The molecule has 2 unspecified atom stereocenters. The molecule has 5 heteroatoms. The molecule has 20 heavy (non-hydrogen) atoms. The van der Waals surface area contributed by atoms with Crippen molar-refractivity contribution in [3.63, 3.8) is 0 Å². The minimum Gasteiger partial charge on any atom is -0.367 e. The molecule has 5 nitrogen and oxygen atoms in total. The topological polar surface area (TPSA) is 60.2 Å². The summed E-state index contributed by atoms with van der Waals surface area (Å²) in [5.41, 5.74) is -0.328. The Morgan fingerprint density at radius 1 is 1.45 bits per heavy atom. The first-order valence-electron chi connectivity index (χ1n) is 7.64. The van der Waals surface area contributed by atoms with E-state index in [1.807, 2.05) is 13.8 Å². The molecule has 1 N–H and O–H groups in total. The third kappa shape index (κ3) is 2.88. The summed E-state index contributed by atoms with van der Waals surface area (Å²) >= 11 is 0. The number of nitrogens with one attached hydrogen (secondary N) is 1. The van der Waals surface area contributed by atoms with Gasteiger partial charge in [0, 0.05) is 6.61 Å². The van der Waals surface area contributed by atoms with Crippen molar-refractivity contribution < 1.29 is 9.26 Å². The lowest BCUT2D eigenvalue weighted by Crippen LogP contribution is -2.40. The van der Waals surface area contributed by atoms with Gasteiger partial charge in [0.25, 0.3) is 0 Å². The first-order chi connectivity index (χ1) is 9.43. The quantitative estimate of drug-likeness (QED) is 0.898. The number of aromatic nitrogens is 2. The largest absolute Gasteiger partial charge is 0.367 e. The summed E-state index contributed by atoms with van der Waals surface area (Å²) < 4.78 is 11.3. The Hall–Kier alpha value is -0.940. The summed E-state index contributed by atoms with van der Waals surface area (Å²) in [6.45, 7) is 12.2. The van der Waals surface area contributed by atoms with Crippen LogP contribution in [0, 0.1) is 5.41 Å². The Labute approximate surface area is 121 Å². The fourth-order valence-electron chi connectivity index (χ4n) is 2.84. The van der Waals surface area contributed by atoms with Crippen LogP contribution >= 0.6 is 0 Å². The van der Waals surface area contributed by atoms with Crippen molar-refractivity contribution >= 4 is 0 Å². The fourth-order valence-corrected chi connectivity index (χ4v) is 2.84. The van der Waals surface area contributed by atoms with Crippen LogP contribution in [0.25, 0.3) is 0 Å². The average Bonchev–Trinajstić information content (AvgIpc) is 2.88. The Balaban J connectivity index is 2.24. The van der Waals surface area contributed by atoms with Crippen LogP contribution in [0.2, 0.25) is 0 Å². The molecule has 0 amide bonds. The summed E-state index contributed by atoms with van der Waals surface area (Å²) in [6.07, 6.45) is 3.18. The van der Waals surface area contributed by atoms with E-state index in [0.717, 1.165) is 13.0 Å². The maximum atomic E-state index is 5.81. The van der Waals surface area contributed by atoms with Gasteiger partial charge in [0.05, 0.1) is 6.04 Å². The van der Waals surface area contributed by atoms with E-state index in [0.29, 0.717) is 18.3 Å². The van der Waals surface area contributed by atoms with Gasteiger partial charge in [0.15, 0.2) is 0 Å². The molecule has 0 aromatic carbocycles. The van der Waals surface area contributed by atoms with Crippen molar-refractivity contribution in [1.82, 2.24) is 15.5 Å². The zero-order valence-electron chi connectivity index (χ0n) is 13.3. The van der Waals surface area contributed by atoms with Crippen molar-refractivity contribution in [2.45, 2.75) is 65.5 Å². The van der Waals surface area contributed by atoms with E-state index in [1.54, 1.807) is 0 Å².